The van der Waals surface area contributed by atoms with E-state index in [-0.39, 0.29) is 18.6 Å². The van der Waals surface area contributed by atoms with Crippen molar-refractivity contribution in [2.75, 3.05) is 6.61 Å². The summed E-state index contributed by atoms with van der Waals surface area (Å²) in [7, 11) is 0. The number of halogens is 1. The Hall–Kier alpha value is -2.02. The zero-order valence-corrected chi connectivity index (χ0v) is 8.76. The largest absolute Gasteiger partial charge is 0.480 e. The normalized spacial score (nSPS) is 11.9. The Kier molecular flexibility index (Phi) is 4.53. The van der Waals surface area contributed by atoms with Gasteiger partial charge in [-0.2, -0.15) is 0 Å². The molecule has 0 aromatic carbocycles. The molecule has 1 atom stereocenters. The van der Waals surface area contributed by atoms with Gasteiger partial charge in [0.2, 0.25) is 0 Å². The minimum absolute atomic E-state index is 0.0748. The molecule has 0 aliphatic rings. The number of nitrogens with one attached hydrogen (secondary N) is 1. The molecule has 7 heteroatoms. The van der Waals surface area contributed by atoms with Gasteiger partial charge in [-0.25, -0.2) is 9.18 Å². The lowest BCUT2D eigenvalue weighted by atomic mass is 10.2. The number of carbonyl (C=O) groups is 2. The van der Waals surface area contributed by atoms with E-state index in [9.17, 15) is 14.0 Å². The van der Waals surface area contributed by atoms with E-state index in [1.165, 1.54) is 0 Å². The summed E-state index contributed by atoms with van der Waals surface area (Å²) in [6.45, 7) is -0.376. The molecule has 0 saturated heterocycles. The van der Waals surface area contributed by atoms with Crippen molar-refractivity contribution in [3.05, 3.63) is 29.8 Å². The molecule has 6 nitrogen and oxygen atoms in total. The van der Waals surface area contributed by atoms with Gasteiger partial charge in [0.25, 0.3) is 5.91 Å². The summed E-state index contributed by atoms with van der Waals surface area (Å²) in [5.41, 5.74) is -0.0748. The second-order valence-corrected chi connectivity index (χ2v) is 3.27. The molecule has 92 valence electrons. The lowest BCUT2D eigenvalue weighted by Gasteiger charge is -2.12. The first-order valence-corrected chi connectivity index (χ1v) is 4.79. The Bertz CT molecular complexity index is 425. The van der Waals surface area contributed by atoms with E-state index in [0.29, 0.717) is 0 Å². The van der Waals surface area contributed by atoms with Crippen LogP contribution < -0.4 is 5.32 Å². The van der Waals surface area contributed by atoms with Gasteiger partial charge in [-0.1, -0.05) is 0 Å². The van der Waals surface area contributed by atoms with Crippen molar-refractivity contribution in [2.24, 2.45) is 0 Å². The molecule has 0 fully saturated rings. The maximum absolute atomic E-state index is 12.8. The summed E-state index contributed by atoms with van der Waals surface area (Å²) in [6.07, 6.45) is 1.93. The quantitative estimate of drug-likeness (QED) is 0.663. The first kappa shape index (κ1) is 13.0. The lowest BCUT2D eigenvalue weighted by molar-refractivity contribution is -0.139. The summed E-state index contributed by atoms with van der Waals surface area (Å²) in [6, 6.07) is -0.268. The summed E-state index contributed by atoms with van der Waals surface area (Å²) < 4.78 is 12.8. The van der Waals surface area contributed by atoms with Gasteiger partial charge >= 0.3 is 5.97 Å². The number of amides is 1. The SMILES string of the molecule is O=C(N[C@H](CCO)C(=O)O)c1cncc(F)c1. The second-order valence-electron chi connectivity index (χ2n) is 3.27. The van der Waals surface area contributed by atoms with Crippen LogP contribution in [0.15, 0.2) is 18.5 Å². The number of aromatic nitrogens is 1. The summed E-state index contributed by atoms with van der Waals surface area (Å²) in [5.74, 6) is -2.71. The minimum atomic E-state index is -1.27. The molecule has 1 rings (SSSR count). The number of aliphatic hydroxyl groups is 1. The van der Waals surface area contributed by atoms with Crippen LogP contribution in [0, 0.1) is 5.82 Å². The number of rotatable bonds is 5. The Labute approximate surface area is 96.1 Å². The number of carboxylic acid groups (broad SMARTS) is 1. The fraction of sp³-hybridized carbons (Fsp3) is 0.300. The number of hydrogen-bond acceptors (Lipinski definition) is 4. The van der Waals surface area contributed by atoms with Crippen LogP contribution in [0.2, 0.25) is 0 Å². The zero-order chi connectivity index (χ0) is 12.8. The molecule has 3 N–H and O–H groups in total. The van der Waals surface area contributed by atoms with Crippen LogP contribution in [0.5, 0.6) is 0 Å². The van der Waals surface area contributed by atoms with Crippen LogP contribution in [0.3, 0.4) is 0 Å². The Morgan fingerprint density at radius 2 is 2.18 bits per heavy atom. The van der Waals surface area contributed by atoms with E-state index in [2.05, 4.69) is 10.3 Å². The minimum Gasteiger partial charge on any atom is -0.480 e. The first-order chi connectivity index (χ1) is 8.04. The molecule has 1 amide bonds. The Morgan fingerprint density at radius 1 is 1.47 bits per heavy atom. The van der Waals surface area contributed by atoms with Crippen molar-refractivity contribution in [1.82, 2.24) is 10.3 Å². The smallest absolute Gasteiger partial charge is 0.326 e. The maximum atomic E-state index is 12.8. The highest BCUT2D eigenvalue weighted by Crippen LogP contribution is 2.02. The maximum Gasteiger partial charge on any atom is 0.326 e. The summed E-state index contributed by atoms with van der Waals surface area (Å²) >= 11 is 0. The molecule has 1 aromatic heterocycles. The van der Waals surface area contributed by atoms with Crippen LogP contribution in [-0.4, -0.2) is 39.7 Å². The Balaban J connectivity index is 2.73. The molecular formula is C10H11FN2O4. The number of pyridine rings is 1. The van der Waals surface area contributed by atoms with Gasteiger partial charge in [-0.3, -0.25) is 9.78 Å². The van der Waals surface area contributed by atoms with Crippen molar-refractivity contribution < 1.29 is 24.2 Å². The highest BCUT2D eigenvalue weighted by atomic mass is 19.1. The average molecular weight is 242 g/mol. The predicted molar refractivity (Wildman–Crippen MR) is 54.8 cm³/mol. The van der Waals surface area contributed by atoms with Crippen molar-refractivity contribution >= 4 is 11.9 Å². The van der Waals surface area contributed by atoms with Crippen molar-refractivity contribution in [3.63, 3.8) is 0 Å². The first-order valence-electron chi connectivity index (χ1n) is 4.79. The van der Waals surface area contributed by atoms with Gasteiger partial charge in [-0.05, 0) is 6.07 Å². The van der Waals surface area contributed by atoms with Crippen LogP contribution in [0.25, 0.3) is 0 Å². The fourth-order valence-electron chi connectivity index (χ4n) is 1.16. The zero-order valence-electron chi connectivity index (χ0n) is 8.76. The monoisotopic (exact) mass is 242 g/mol. The van der Waals surface area contributed by atoms with Crippen molar-refractivity contribution in [2.45, 2.75) is 12.5 Å². The third-order valence-corrected chi connectivity index (χ3v) is 1.99. The van der Waals surface area contributed by atoms with Crippen molar-refractivity contribution in [1.29, 1.82) is 0 Å². The van der Waals surface area contributed by atoms with Crippen molar-refractivity contribution in [3.8, 4) is 0 Å². The van der Waals surface area contributed by atoms with Crippen LogP contribution in [0.4, 0.5) is 4.39 Å². The molecule has 0 saturated carbocycles. The van der Waals surface area contributed by atoms with E-state index in [0.717, 1.165) is 18.5 Å². The number of nitrogens with zero attached hydrogens (tertiary/aromatic N) is 1. The molecule has 0 unspecified atom stereocenters. The third kappa shape index (κ3) is 3.80. The van der Waals surface area contributed by atoms with Gasteiger partial charge in [0.1, 0.15) is 11.9 Å². The molecule has 0 bridgehead atoms. The van der Waals surface area contributed by atoms with E-state index < -0.39 is 23.7 Å². The topological polar surface area (TPSA) is 99.5 Å². The molecule has 0 aliphatic heterocycles. The predicted octanol–water partition coefficient (Wildman–Crippen LogP) is -0.214. The third-order valence-electron chi connectivity index (χ3n) is 1.99. The number of carboxylic acids is 1. The van der Waals surface area contributed by atoms with Gasteiger partial charge in [0, 0.05) is 19.2 Å². The van der Waals surface area contributed by atoms with Crippen LogP contribution in [-0.2, 0) is 4.79 Å². The van der Waals surface area contributed by atoms with Gasteiger partial charge in [-0.15, -0.1) is 0 Å². The average Bonchev–Trinajstić information content (AvgIpc) is 2.28. The second kappa shape index (κ2) is 5.90. The molecule has 17 heavy (non-hydrogen) atoms. The van der Waals surface area contributed by atoms with Crippen LogP contribution in [0.1, 0.15) is 16.8 Å². The number of carbonyl (C=O) groups excluding carboxylic acids is 1. The fourth-order valence-corrected chi connectivity index (χ4v) is 1.16. The summed E-state index contributed by atoms with van der Waals surface area (Å²) in [4.78, 5) is 25.7. The molecule has 1 aromatic rings. The van der Waals surface area contributed by atoms with Gasteiger partial charge in [0.05, 0.1) is 11.8 Å². The van der Waals surface area contributed by atoms with E-state index in [1.54, 1.807) is 0 Å². The molecule has 1 heterocycles. The molecular weight excluding hydrogens is 231 g/mol. The highest BCUT2D eigenvalue weighted by Gasteiger charge is 2.20. The van der Waals surface area contributed by atoms with Gasteiger partial charge in [0.15, 0.2) is 0 Å². The lowest BCUT2D eigenvalue weighted by Crippen LogP contribution is -2.41. The molecule has 0 radical (unpaired) electrons. The highest BCUT2D eigenvalue weighted by molar-refractivity contribution is 5.96. The molecule has 0 spiro atoms. The molecule has 0 aliphatic carbocycles. The Morgan fingerprint density at radius 3 is 2.71 bits per heavy atom. The van der Waals surface area contributed by atoms with Crippen LogP contribution >= 0.6 is 0 Å². The number of hydrogen-bond donors (Lipinski definition) is 3. The number of aliphatic hydroxyl groups excluding tert-OH is 1. The standard InChI is InChI=1S/C10H11FN2O4/c11-7-3-6(4-12-5-7)9(15)13-8(1-2-14)10(16)17/h3-5,8,14H,1-2H2,(H,13,15)(H,16,17)/t8-/m1/s1. The van der Waals surface area contributed by atoms with E-state index >= 15 is 0 Å². The van der Waals surface area contributed by atoms with E-state index in [1.807, 2.05) is 0 Å². The number of aliphatic carboxylic acids is 1. The van der Waals surface area contributed by atoms with Gasteiger partial charge < -0.3 is 15.5 Å². The van der Waals surface area contributed by atoms with E-state index in [4.69, 9.17) is 10.2 Å². The summed E-state index contributed by atoms with van der Waals surface area (Å²) in [5, 5.41) is 19.5.